The summed E-state index contributed by atoms with van der Waals surface area (Å²) in [6.07, 6.45) is 4.74. The Morgan fingerprint density at radius 1 is 0.692 bits per heavy atom. The van der Waals surface area contributed by atoms with Gasteiger partial charge < -0.3 is 0 Å². The molecule has 124 valence electrons. The van der Waals surface area contributed by atoms with Crippen LogP contribution in [-0.2, 0) is 5.41 Å². The molecule has 2 heteroatoms. The van der Waals surface area contributed by atoms with E-state index in [0.29, 0.717) is 0 Å². The van der Waals surface area contributed by atoms with Crippen molar-refractivity contribution in [1.29, 1.82) is 0 Å². The summed E-state index contributed by atoms with van der Waals surface area (Å²) < 4.78 is 0. The molecule has 0 bridgehead atoms. The molecule has 4 aromatic rings. The number of rotatable bonds is 2. The van der Waals surface area contributed by atoms with E-state index in [1.165, 1.54) is 16.7 Å². The van der Waals surface area contributed by atoms with Gasteiger partial charge in [0.15, 0.2) is 0 Å². The van der Waals surface area contributed by atoms with Gasteiger partial charge in [0.2, 0.25) is 0 Å². The molecule has 0 aliphatic carbocycles. The van der Waals surface area contributed by atoms with Gasteiger partial charge in [0.05, 0.1) is 16.6 Å². The molecule has 0 spiro atoms. The average Bonchev–Trinajstić information content (AvgIpc) is 2.74. The van der Waals surface area contributed by atoms with Crippen LogP contribution in [-0.4, -0.2) is 11.2 Å². The van der Waals surface area contributed by atoms with Gasteiger partial charge in [0.25, 0.3) is 0 Å². The van der Waals surface area contributed by atoms with Crippen molar-refractivity contribution < 1.29 is 0 Å². The predicted octanol–water partition coefficient (Wildman–Crippen LogP) is 5.68. The van der Waals surface area contributed by atoms with E-state index >= 15 is 0 Å². The minimum absolute atomic E-state index is 0.245. The maximum absolute atomic E-state index is 4.78. The molecule has 0 unspecified atom stereocenters. The predicted molar refractivity (Wildman–Crippen MR) is 107 cm³/mol. The molecule has 0 saturated carbocycles. The quantitative estimate of drug-likeness (QED) is 0.463. The molecule has 1 aliphatic heterocycles. The zero-order valence-corrected chi connectivity index (χ0v) is 14.3. The molecule has 2 nitrogen and oxygen atoms in total. The van der Waals surface area contributed by atoms with Crippen LogP contribution < -0.4 is 0 Å². The SMILES string of the molecule is C1=Nc2c(ccc3cccnc23)C(c2ccccc2)(c2ccccc2)C1. The smallest absolute Gasteiger partial charge is 0.0961 e. The fraction of sp³-hybridized carbons (Fsp3) is 0.0833. The van der Waals surface area contributed by atoms with Gasteiger partial charge in [-0.15, -0.1) is 0 Å². The Labute approximate surface area is 152 Å². The number of hydrogen-bond acceptors (Lipinski definition) is 2. The van der Waals surface area contributed by atoms with Crippen molar-refractivity contribution >= 4 is 22.8 Å². The van der Waals surface area contributed by atoms with Crippen molar-refractivity contribution in [1.82, 2.24) is 4.98 Å². The molecular weight excluding hydrogens is 316 g/mol. The highest BCUT2D eigenvalue weighted by molar-refractivity contribution is 5.95. The first-order valence-electron chi connectivity index (χ1n) is 8.91. The summed E-state index contributed by atoms with van der Waals surface area (Å²) in [6.45, 7) is 0. The van der Waals surface area contributed by atoms with Crippen LogP contribution in [0.5, 0.6) is 0 Å². The zero-order chi connectivity index (χ0) is 17.4. The van der Waals surface area contributed by atoms with Gasteiger partial charge in [-0.25, -0.2) is 0 Å². The highest BCUT2D eigenvalue weighted by Crippen LogP contribution is 2.49. The fourth-order valence-electron chi connectivity index (χ4n) is 4.15. The third kappa shape index (κ3) is 2.12. The molecular formula is C24H18N2. The molecule has 5 rings (SSSR count). The normalized spacial score (nSPS) is 14.9. The maximum Gasteiger partial charge on any atom is 0.0961 e. The largest absolute Gasteiger partial charge is 0.259 e. The molecule has 1 aromatic heterocycles. The van der Waals surface area contributed by atoms with E-state index in [2.05, 4.69) is 90.1 Å². The first-order valence-corrected chi connectivity index (χ1v) is 8.91. The minimum atomic E-state index is -0.245. The van der Waals surface area contributed by atoms with Crippen molar-refractivity contribution in [2.45, 2.75) is 11.8 Å². The summed E-state index contributed by atoms with van der Waals surface area (Å²) >= 11 is 0. The Bertz CT molecular complexity index is 1060. The number of benzene rings is 3. The van der Waals surface area contributed by atoms with E-state index in [1.807, 2.05) is 12.3 Å². The number of fused-ring (bicyclic) bond motifs is 3. The summed E-state index contributed by atoms with van der Waals surface area (Å²) in [5, 5.41) is 1.13. The first kappa shape index (κ1) is 15.0. The molecule has 0 atom stereocenters. The summed E-state index contributed by atoms with van der Waals surface area (Å²) in [7, 11) is 0. The van der Waals surface area contributed by atoms with Crippen LogP contribution >= 0.6 is 0 Å². The highest BCUT2D eigenvalue weighted by Gasteiger charge is 2.39. The van der Waals surface area contributed by atoms with Gasteiger partial charge >= 0.3 is 0 Å². The lowest BCUT2D eigenvalue weighted by Gasteiger charge is -2.38. The Kier molecular flexibility index (Phi) is 3.42. The lowest BCUT2D eigenvalue weighted by molar-refractivity contribution is 0.645. The van der Waals surface area contributed by atoms with E-state index < -0.39 is 0 Å². The second kappa shape index (κ2) is 5.92. The number of hydrogen-bond donors (Lipinski definition) is 0. The van der Waals surface area contributed by atoms with Crippen molar-refractivity contribution in [3.63, 3.8) is 0 Å². The topological polar surface area (TPSA) is 25.2 Å². The first-order chi connectivity index (χ1) is 12.9. The van der Waals surface area contributed by atoms with Gasteiger partial charge in [-0.1, -0.05) is 78.9 Å². The van der Waals surface area contributed by atoms with Crippen molar-refractivity contribution in [2.75, 3.05) is 0 Å². The zero-order valence-electron chi connectivity index (χ0n) is 14.3. The molecule has 0 fully saturated rings. The van der Waals surface area contributed by atoms with Gasteiger partial charge in [-0.05, 0) is 22.8 Å². The Morgan fingerprint density at radius 3 is 2.08 bits per heavy atom. The van der Waals surface area contributed by atoms with Crippen LogP contribution in [0.4, 0.5) is 5.69 Å². The number of pyridine rings is 1. The van der Waals surface area contributed by atoms with Crippen LogP contribution in [0.15, 0.2) is 96.1 Å². The van der Waals surface area contributed by atoms with Gasteiger partial charge in [0.1, 0.15) is 0 Å². The summed E-state index contributed by atoms with van der Waals surface area (Å²) in [5.41, 5.74) is 5.51. The van der Waals surface area contributed by atoms with Crippen LogP contribution in [0.25, 0.3) is 10.9 Å². The highest BCUT2D eigenvalue weighted by atomic mass is 14.8. The number of aliphatic imine (C=N–C) groups is 1. The lowest BCUT2D eigenvalue weighted by atomic mass is 9.66. The molecule has 0 N–H and O–H groups in total. The fourth-order valence-corrected chi connectivity index (χ4v) is 4.15. The summed E-state index contributed by atoms with van der Waals surface area (Å²) in [6, 6.07) is 30.0. The lowest BCUT2D eigenvalue weighted by Crippen LogP contribution is -2.31. The third-order valence-electron chi connectivity index (χ3n) is 5.36. The third-order valence-corrected chi connectivity index (χ3v) is 5.36. The van der Waals surface area contributed by atoms with Crippen LogP contribution in [0, 0.1) is 0 Å². The van der Waals surface area contributed by atoms with E-state index in [1.54, 1.807) is 0 Å². The van der Waals surface area contributed by atoms with Crippen LogP contribution in [0.3, 0.4) is 0 Å². The second-order valence-corrected chi connectivity index (χ2v) is 6.69. The van der Waals surface area contributed by atoms with E-state index in [-0.39, 0.29) is 5.41 Å². The Balaban J connectivity index is 1.89. The van der Waals surface area contributed by atoms with E-state index in [0.717, 1.165) is 23.0 Å². The van der Waals surface area contributed by atoms with Crippen LogP contribution in [0.2, 0.25) is 0 Å². The number of aromatic nitrogens is 1. The standard InChI is InChI=1S/C24H18N2/c1-3-9-19(10-4-1)24(20-11-5-2-6-12-20)15-17-26-23-21(24)14-13-18-8-7-16-25-22(18)23/h1-14,16-17H,15H2. The molecule has 0 saturated heterocycles. The van der Waals surface area contributed by atoms with Crippen molar-refractivity contribution in [3.05, 3.63) is 108 Å². The summed E-state index contributed by atoms with van der Waals surface area (Å²) in [4.78, 5) is 9.41. The Morgan fingerprint density at radius 2 is 1.38 bits per heavy atom. The minimum Gasteiger partial charge on any atom is -0.259 e. The van der Waals surface area contributed by atoms with E-state index in [9.17, 15) is 0 Å². The van der Waals surface area contributed by atoms with Crippen molar-refractivity contribution in [3.8, 4) is 0 Å². The van der Waals surface area contributed by atoms with Crippen molar-refractivity contribution in [2.24, 2.45) is 4.99 Å². The van der Waals surface area contributed by atoms with Crippen LogP contribution in [0.1, 0.15) is 23.1 Å². The molecule has 26 heavy (non-hydrogen) atoms. The monoisotopic (exact) mass is 334 g/mol. The van der Waals surface area contributed by atoms with Gasteiger partial charge in [0, 0.05) is 24.2 Å². The Hall–Kier alpha value is -3.26. The molecule has 1 aliphatic rings. The van der Waals surface area contributed by atoms with E-state index in [4.69, 9.17) is 4.99 Å². The molecule has 0 radical (unpaired) electrons. The van der Waals surface area contributed by atoms with Gasteiger partial charge in [-0.2, -0.15) is 0 Å². The summed E-state index contributed by atoms with van der Waals surface area (Å²) in [5.74, 6) is 0. The molecule has 3 aromatic carbocycles. The number of nitrogens with zero attached hydrogens (tertiary/aromatic N) is 2. The van der Waals surface area contributed by atoms with Gasteiger partial charge in [-0.3, -0.25) is 9.98 Å². The maximum atomic E-state index is 4.78. The molecule has 0 amide bonds. The average molecular weight is 334 g/mol. The molecule has 2 heterocycles. The second-order valence-electron chi connectivity index (χ2n) is 6.69.